The fourth-order valence-electron chi connectivity index (χ4n) is 2.32. The van der Waals surface area contributed by atoms with Gasteiger partial charge in [0.1, 0.15) is 5.69 Å². The lowest BCUT2D eigenvalue weighted by molar-refractivity contribution is -0.384. The van der Waals surface area contributed by atoms with Gasteiger partial charge in [-0.2, -0.15) is 0 Å². The van der Waals surface area contributed by atoms with E-state index in [4.69, 9.17) is 0 Å². The van der Waals surface area contributed by atoms with Gasteiger partial charge in [-0.1, -0.05) is 29.8 Å². The van der Waals surface area contributed by atoms with Gasteiger partial charge < -0.3 is 5.32 Å². The van der Waals surface area contributed by atoms with Crippen molar-refractivity contribution in [2.45, 2.75) is 12.3 Å². The highest BCUT2D eigenvalue weighted by Gasteiger charge is 2.41. The number of amides is 2. The van der Waals surface area contributed by atoms with Gasteiger partial charge in [-0.05, 0) is 36.9 Å². The van der Waals surface area contributed by atoms with E-state index in [1.165, 1.54) is 18.2 Å². The molecule has 0 bridgehead atoms. The van der Waals surface area contributed by atoms with Crippen LogP contribution >= 0.6 is 11.8 Å². The molecule has 1 N–H and O–H groups in total. The van der Waals surface area contributed by atoms with Crippen LogP contribution in [-0.4, -0.2) is 21.4 Å². The van der Waals surface area contributed by atoms with Gasteiger partial charge in [0.25, 0.3) is 16.8 Å². The summed E-state index contributed by atoms with van der Waals surface area (Å²) in [6, 6.07) is 13.0. The number of para-hydroxylation sites is 2. The summed E-state index contributed by atoms with van der Waals surface area (Å²) in [4.78, 5) is 36.3. The normalized spacial score (nSPS) is 17.2. The molecule has 1 aliphatic heterocycles. The monoisotopic (exact) mass is 343 g/mol. The second-order valence-electron chi connectivity index (χ2n) is 5.19. The van der Waals surface area contributed by atoms with E-state index < -0.39 is 21.4 Å². The third-order valence-corrected chi connectivity index (χ3v) is 4.46. The second kappa shape index (κ2) is 6.32. The van der Waals surface area contributed by atoms with Crippen molar-refractivity contribution in [1.29, 1.82) is 0 Å². The number of thioether (sulfide) groups is 1. The number of anilines is 2. The van der Waals surface area contributed by atoms with Crippen molar-refractivity contribution in [2.75, 3.05) is 10.2 Å². The molecule has 0 radical (unpaired) electrons. The Balaban J connectivity index is 1.85. The quantitative estimate of drug-likeness (QED) is 0.674. The molecule has 1 unspecified atom stereocenters. The first kappa shape index (κ1) is 16.0. The smallest absolute Gasteiger partial charge is 0.295 e. The Labute approximate surface area is 141 Å². The summed E-state index contributed by atoms with van der Waals surface area (Å²) in [7, 11) is 0. The van der Waals surface area contributed by atoms with Crippen molar-refractivity contribution >= 4 is 40.0 Å². The maximum atomic E-state index is 12.5. The van der Waals surface area contributed by atoms with Crippen molar-refractivity contribution in [3.8, 4) is 0 Å². The topological polar surface area (TPSA) is 92.6 Å². The van der Waals surface area contributed by atoms with E-state index in [0.29, 0.717) is 5.69 Å². The van der Waals surface area contributed by atoms with E-state index in [1.807, 2.05) is 19.1 Å². The van der Waals surface area contributed by atoms with E-state index in [1.54, 1.807) is 18.2 Å². The van der Waals surface area contributed by atoms with Gasteiger partial charge in [0, 0.05) is 6.07 Å². The van der Waals surface area contributed by atoms with Crippen LogP contribution in [0.2, 0.25) is 0 Å². The Hall–Kier alpha value is -2.87. The number of nitro benzene ring substituents is 1. The van der Waals surface area contributed by atoms with E-state index in [-0.39, 0.29) is 11.4 Å². The summed E-state index contributed by atoms with van der Waals surface area (Å²) in [5.41, 5.74) is 1.55. The highest BCUT2D eigenvalue weighted by atomic mass is 32.2. The van der Waals surface area contributed by atoms with Gasteiger partial charge >= 0.3 is 0 Å². The number of nitrogens with one attached hydrogen (secondary N) is 1. The number of aryl methyl sites for hydroxylation is 1. The maximum absolute atomic E-state index is 12.5. The minimum absolute atomic E-state index is 0.146. The lowest BCUT2D eigenvalue weighted by atomic mass is 10.2. The zero-order valence-electron chi connectivity index (χ0n) is 12.6. The van der Waals surface area contributed by atoms with Crippen molar-refractivity contribution in [3.63, 3.8) is 0 Å². The van der Waals surface area contributed by atoms with Gasteiger partial charge in [0.05, 0.1) is 10.6 Å². The van der Waals surface area contributed by atoms with Crippen LogP contribution in [0, 0.1) is 17.0 Å². The molecule has 1 aliphatic rings. The zero-order valence-corrected chi connectivity index (χ0v) is 13.4. The van der Waals surface area contributed by atoms with Gasteiger partial charge in [-0.3, -0.25) is 19.7 Å². The lowest BCUT2D eigenvalue weighted by Gasteiger charge is -2.15. The number of imide groups is 1. The Kier molecular flexibility index (Phi) is 4.22. The highest BCUT2D eigenvalue weighted by Crippen LogP contribution is 2.34. The SMILES string of the molecule is Cc1ccc(N2C(=O)SC(Nc3ccccc3[N+](=O)[O-])C2=O)cc1. The van der Waals surface area contributed by atoms with Gasteiger partial charge in [-0.25, -0.2) is 4.90 Å². The molecule has 1 atom stereocenters. The van der Waals surface area contributed by atoms with Gasteiger partial charge in [0.2, 0.25) is 0 Å². The minimum Gasteiger partial charge on any atom is -0.359 e. The molecule has 2 aromatic rings. The average Bonchev–Trinajstić information content (AvgIpc) is 2.83. The van der Waals surface area contributed by atoms with Crippen molar-refractivity contribution in [2.24, 2.45) is 0 Å². The van der Waals surface area contributed by atoms with E-state index in [9.17, 15) is 19.7 Å². The molecule has 1 heterocycles. The third-order valence-electron chi connectivity index (χ3n) is 3.53. The van der Waals surface area contributed by atoms with Gasteiger partial charge in [0.15, 0.2) is 5.37 Å². The summed E-state index contributed by atoms with van der Waals surface area (Å²) in [6.45, 7) is 1.91. The number of carbonyl (C=O) groups excluding carboxylic acids is 2. The predicted molar refractivity (Wildman–Crippen MR) is 92.2 cm³/mol. The van der Waals surface area contributed by atoms with Crippen LogP contribution in [0.15, 0.2) is 48.5 Å². The largest absolute Gasteiger partial charge is 0.359 e. The van der Waals surface area contributed by atoms with Crippen LogP contribution in [0.25, 0.3) is 0 Å². The number of nitrogens with zero attached hydrogens (tertiary/aromatic N) is 2. The maximum Gasteiger partial charge on any atom is 0.295 e. The first-order valence-electron chi connectivity index (χ1n) is 7.08. The Morgan fingerprint density at radius 2 is 1.79 bits per heavy atom. The highest BCUT2D eigenvalue weighted by molar-refractivity contribution is 8.16. The minimum atomic E-state index is -0.903. The van der Waals surface area contributed by atoms with Crippen LogP contribution in [0.5, 0.6) is 0 Å². The van der Waals surface area contributed by atoms with E-state index in [2.05, 4.69) is 5.32 Å². The number of carbonyl (C=O) groups is 2. The number of hydrogen-bond acceptors (Lipinski definition) is 6. The molecule has 0 aromatic heterocycles. The molecule has 0 aliphatic carbocycles. The van der Waals surface area contributed by atoms with Crippen LogP contribution in [0.4, 0.5) is 21.9 Å². The van der Waals surface area contributed by atoms with Crippen LogP contribution in [-0.2, 0) is 4.79 Å². The average molecular weight is 343 g/mol. The molecule has 8 heteroatoms. The molecule has 122 valence electrons. The van der Waals surface area contributed by atoms with E-state index in [0.717, 1.165) is 22.2 Å². The summed E-state index contributed by atoms with van der Waals surface area (Å²) in [6.07, 6.45) is 0. The molecule has 24 heavy (non-hydrogen) atoms. The summed E-state index contributed by atoms with van der Waals surface area (Å²) < 4.78 is 0. The molecule has 0 saturated carbocycles. The Morgan fingerprint density at radius 1 is 1.12 bits per heavy atom. The van der Waals surface area contributed by atoms with E-state index >= 15 is 0 Å². The number of nitro groups is 1. The van der Waals surface area contributed by atoms with Crippen LogP contribution in [0.3, 0.4) is 0 Å². The Morgan fingerprint density at radius 3 is 2.46 bits per heavy atom. The molecule has 2 aromatic carbocycles. The standard InChI is InChI=1S/C16H13N3O4S/c1-10-6-8-11(9-7-10)18-15(20)14(24-16(18)21)17-12-4-2-3-5-13(12)19(22)23/h2-9,14,17H,1H3. The predicted octanol–water partition coefficient (Wildman–Crippen LogP) is 3.54. The molecular weight excluding hydrogens is 330 g/mol. The third kappa shape index (κ3) is 2.95. The summed E-state index contributed by atoms with van der Waals surface area (Å²) in [5.74, 6) is -0.452. The van der Waals surface area contributed by atoms with Crippen molar-refractivity contribution in [1.82, 2.24) is 0 Å². The second-order valence-corrected chi connectivity index (χ2v) is 6.25. The fourth-order valence-corrected chi connectivity index (χ4v) is 3.22. The molecule has 3 rings (SSSR count). The Bertz CT molecular complexity index is 822. The number of rotatable bonds is 4. The lowest BCUT2D eigenvalue weighted by Crippen LogP contribution is -2.34. The fraction of sp³-hybridized carbons (Fsp3) is 0.125. The number of benzene rings is 2. The van der Waals surface area contributed by atoms with Gasteiger partial charge in [-0.15, -0.1) is 0 Å². The summed E-state index contributed by atoms with van der Waals surface area (Å²) in [5, 5.41) is 12.5. The number of hydrogen-bond donors (Lipinski definition) is 1. The molecule has 0 spiro atoms. The van der Waals surface area contributed by atoms with Crippen molar-refractivity contribution in [3.05, 3.63) is 64.2 Å². The molecule has 1 saturated heterocycles. The zero-order chi connectivity index (χ0) is 17.3. The molecule has 7 nitrogen and oxygen atoms in total. The molecule has 2 amide bonds. The van der Waals surface area contributed by atoms with Crippen LogP contribution in [0.1, 0.15) is 5.56 Å². The molecular formula is C16H13N3O4S. The first-order valence-corrected chi connectivity index (χ1v) is 7.96. The van der Waals surface area contributed by atoms with Crippen molar-refractivity contribution < 1.29 is 14.5 Å². The summed E-state index contributed by atoms with van der Waals surface area (Å²) >= 11 is 0.800. The van der Waals surface area contributed by atoms with Crippen LogP contribution < -0.4 is 10.2 Å². The molecule has 1 fully saturated rings. The first-order chi connectivity index (χ1) is 11.5.